The summed E-state index contributed by atoms with van der Waals surface area (Å²) in [5.74, 6) is 7.36. The molecule has 4 saturated carbocycles. The normalized spacial score (nSPS) is 45.5. The Morgan fingerprint density at radius 1 is 0.767 bits per heavy atom. The molecule has 1 unspecified atom stereocenters. The molecule has 9 atom stereocenters. The summed E-state index contributed by atoms with van der Waals surface area (Å²) in [5.41, 5.74) is 1.30. The topological polar surface area (TPSA) is 20.2 Å². The van der Waals surface area contributed by atoms with E-state index in [0.29, 0.717) is 29.3 Å². The van der Waals surface area contributed by atoms with Gasteiger partial charge in [0.15, 0.2) is 0 Å². The van der Waals surface area contributed by atoms with E-state index < -0.39 is 0 Å². The number of hydrogen-bond acceptors (Lipinski definition) is 1. The van der Waals surface area contributed by atoms with E-state index in [9.17, 15) is 5.11 Å². The molecule has 0 aliphatic heterocycles. The molecule has 0 saturated heterocycles. The molecule has 174 valence electrons. The standard InChI is InChI=1S/C29H52O/c1-20(2)22(16-19-30)10-9-21(3)25-13-14-26-24-12-11-23-8-6-7-17-28(23,4)27(24)15-18-29(25,26)5/h20-27,30H,6-19H2,1-5H3/t21-,22-,23?,24+,25-,26+,27+,28+,29-/m1/s1. The molecule has 0 aromatic carbocycles. The molecule has 0 heterocycles. The smallest absolute Gasteiger partial charge is 0.0433 e. The van der Waals surface area contributed by atoms with Crippen LogP contribution in [0.4, 0.5) is 0 Å². The molecule has 4 rings (SSSR count). The first-order valence-corrected chi connectivity index (χ1v) is 13.9. The van der Waals surface area contributed by atoms with E-state index in [0.717, 1.165) is 41.9 Å². The maximum absolute atomic E-state index is 9.47. The van der Waals surface area contributed by atoms with Crippen LogP contribution in [0.2, 0.25) is 0 Å². The van der Waals surface area contributed by atoms with Crippen LogP contribution in [0.1, 0.15) is 118 Å². The largest absolute Gasteiger partial charge is 0.396 e. The van der Waals surface area contributed by atoms with E-state index in [1.807, 2.05) is 0 Å². The lowest BCUT2D eigenvalue weighted by Crippen LogP contribution is -2.53. The monoisotopic (exact) mass is 416 g/mol. The van der Waals surface area contributed by atoms with Crippen LogP contribution >= 0.6 is 0 Å². The zero-order chi connectivity index (χ0) is 21.5. The highest BCUT2D eigenvalue weighted by molar-refractivity contribution is 5.09. The molecule has 0 aromatic rings. The van der Waals surface area contributed by atoms with Crippen LogP contribution in [0.15, 0.2) is 0 Å². The van der Waals surface area contributed by atoms with Gasteiger partial charge in [0.2, 0.25) is 0 Å². The van der Waals surface area contributed by atoms with Gasteiger partial charge in [-0.1, -0.05) is 53.9 Å². The summed E-state index contributed by atoms with van der Waals surface area (Å²) in [4.78, 5) is 0. The maximum Gasteiger partial charge on any atom is 0.0433 e. The second-order valence-electron chi connectivity index (χ2n) is 13.2. The first-order chi connectivity index (χ1) is 14.3. The fourth-order valence-corrected chi connectivity index (χ4v) is 9.93. The predicted octanol–water partition coefficient (Wildman–Crippen LogP) is 8.11. The molecule has 0 aromatic heterocycles. The Morgan fingerprint density at radius 2 is 1.53 bits per heavy atom. The molecule has 0 bridgehead atoms. The van der Waals surface area contributed by atoms with Gasteiger partial charge in [-0.15, -0.1) is 0 Å². The molecular formula is C29H52O. The van der Waals surface area contributed by atoms with Gasteiger partial charge in [0.1, 0.15) is 0 Å². The summed E-state index contributed by atoms with van der Waals surface area (Å²) in [6, 6.07) is 0. The molecule has 0 amide bonds. The van der Waals surface area contributed by atoms with Gasteiger partial charge in [-0.2, -0.15) is 0 Å². The fraction of sp³-hybridized carbons (Fsp3) is 1.00. The summed E-state index contributed by atoms with van der Waals surface area (Å²) in [6.45, 7) is 13.1. The number of fused-ring (bicyclic) bond motifs is 5. The Kier molecular flexibility index (Phi) is 6.99. The van der Waals surface area contributed by atoms with Crippen LogP contribution < -0.4 is 0 Å². The minimum absolute atomic E-state index is 0.364. The minimum atomic E-state index is 0.364. The first kappa shape index (κ1) is 23.1. The van der Waals surface area contributed by atoms with Gasteiger partial charge in [-0.25, -0.2) is 0 Å². The number of aliphatic hydroxyl groups is 1. The average Bonchev–Trinajstić information content (AvgIpc) is 3.07. The third-order valence-electron chi connectivity index (χ3n) is 11.8. The number of hydrogen-bond donors (Lipinski definition) is 1. The van der Waals surface area contributed by atoms with E-state index in [1.54, 1.807) is 12.8 Å². The Hall–Kier alpha value is -0.0400. The number of aliphatic hydroxyl groups excluding tert-OH is 1. The lowest BCUT2D eigenvalue weighted by atomic mass is 9.44. The Bertz CT molecular complexity index is 569. The third-order valence-corrected chi connectivity index (χ3v) is 11.8. The van der Waals surface area contributed by atoms with E-state index >= 15 is 0 Å². The van der Waals surface area contributed by atoms with Crippen molar-refractivity contribution in [1.29, 1.82) is 0 Å². The minimum Gasteiger partial charge on any atom is -0.396 e. The Labute approximate surface area is 188 Å². The van der Waals surface area contributed by atoms with Crippen molar-refractivity contribution in [2.24, 2.45) is 58.2 Å². The molecule has 1 nitrogen and oxygen atoms in total. The molecule has 4 aliphatic carbocycles. The van der Waals surface area contributed by atoms with Gasteiger partial charge in [-0.05, 0) is 122 Å². The van der Waals surface area contributed by atoms with Gasteiger partial charge >= 0.3 is 0 Å². The summed E-state index contributed by atoms with van der Waals surface area (Å²) in [6.07, 6.45) is 18.9. The summed E-state index contributed by atoms with van der Waals surface area (Å²) in [5, 5.41) is 9.47. The van der Waals surface area contributed by atoms with E-state index in [1.165, 1.54) is 64.2 Å². The van der Waals surface area contributed by atoms with Crippen molar-refractivity contribution in [3.63, 3.8) is 0 Å². The van der Waals surface area contributed by atoms with Crippen molar-refractivity contribution < 1.29 is 5.11 Å². The van der Waals surface area contributed by atoms with Crippen LogP contribution in [0.5, 0.6) is 0 Å². The lowest BCUT2D eigenvalue weighted by Gasteiger charge is -2.61. The fourth-order valence-electron chi connectivity index (χ4n) is 9.93. The van der Waals surface area contributed by atoms with Crippen LogP contribution in [-0.4, -0.2) is 11.7 Å². The van der Waals surface area contributed by atoms with Crippen molar-refractivity contribution >= 4 is 0 Å². The van der Waals surface area contributed by atoms with Crippen molar-refractivity contribution in [2.45, 2.75) is 118 Å². The van der Waals surface area contributed by atoms with Crippen LogP contribution in [-0.2, 0) is 0 Å². The van der Waals surface area contributed by atoms with Gasteiger partial charge < -0.3 is 5.11 Å². The quantitative estimate of drug-likeness (QED) is 0.444. The third kappa shape index (κ3) is 3.92. The van der Waals surface area contributed by atoms with E-state index in [-0.39, 0.29) is 0 Å². The number of rotatable bonds is 7. The Morgan fingerprint density at radius 3 is 2.27 bits per heavy atom. The Balaban J connectivity index is 1.43. The molecule has 1 N–H and O–H groups in total. The van der Waals surface area contributed by atoms with E-state index in [2.05, 4.69) is 34.6 Å². The summed E-state index contributed by atoms with van der Waals surface area (Å²) in [7, 11) is 0. The zero-order valence-electron chi connectivity index (χ0n) is 21.0. The van der Waals surface area contributed by atoms with E-state index in [4.69, 9.17) is 0 Å². The molecule has 0 spiro atoms. The average molecular weight is 417 g/mol. The van der Waals surface area contributed by atoms with Gasteiger partial charge in [0.25, 0.3) is 0 Å². The van der Waals surface area contributed by atoms with Crippen molar-refractivity contribution in [3.05, 3.63) is 0 Å². The van der Waals surface area contributed by atoms with Gasteiger partial charge in [0, 0.05) is 6.61 Å². The molecule has 30 heavy (non-hydrogen) atoms. The van der Waals surface area contributed by atoms with Crippen molar-refractivity contribution in [3.8, 4) is 0 Å². The van der Waals surface area contributed by atoms with Crippen molar-refractivity contribution in [1.82, 2.24) is 0 Å². The summed E-state index contributed by atoms with van der Waals surface area (Å²) >= 11 is 0. The van der Waals surface area contributed by atoms with Crippen LogP contribution in [0, 0.1) is 58.2 Å². The van der Waals surface area contributed by atoms with Crippen molar-refractivity contribution in [2.75, 3.05) is 6.61 Å². The second kappa shape index (κ2) is 9.07. The first-order valence-electron chi connectivity index (χ1n) is 13.9. The second-order valence-corrected chi connectivity index (χ2v) is 13.2. The molecule has 4 fully saturated rings. The highest BCUT2D eigenvalue weighted by atomic mass is 16.3. The summed E-state index contributed by atoms with van der Waals surface area (Å²) < 4.78 is 0. The lowest BCUT2D eigenvalue weighted by molar-refractivity contribution is -0.114. The maximum atomic E-state index is 9.47. The van der Waals surface area contributed by atoms with Gasteiger partial charge in [0.05, 0.1) is 0 Å². The zero-order valence-corrected chi connectivity index (χ0v) is 21.0. The van der Waals surface area contributed by atoms with Crippen LogP contribution in [0.3, 0.4) is 0 Å². The van der Waals surface area contributed by atoms with Gasteiger partial charge in [-0.3, -0.25) is 0 Å². The molecular weight excluding hydrogens is 364 g/mol. The molecule has 1 heteroatoms. The highest BCUT2D eigenvalue weighted by Crippen LogP contribution is 2.68. The highest BCUT2D eigenvalue weighted by Gasteiger charge is 2.60. The molecule has 4 aliphatic rings. The SMILES string of the molecule is CC(C)[C@@H](CCO)CC[C@@H](C)[C@H]1CC[C@H]2[C@@H]3CCC4CCCC[C@]4(C)[C@H]3CC[C@]12C. The van der Waals surface area contributed by atoms with Crippen LogP contribution in [0.25, 0.3) is 0 Å². The molecule has 0 radical (unpaired) electrons. The predicted molar refractivity (Wildman–Crippen MR) is 128 cm³/mol.